The van der Waals surface area contributed by atoms with Gasteiger partial charge in [0.05, 0.1) is 0 Å². The number of hydrogen-bond donors (Lipinski definition) is 3. The minimum absolute atomic E-state index is 0. The Balaban J connectivity index is -0.0000000450. The fraction of sp³-hybridized carbons (Fsp3) is 0. The maximum Gasteiger partial charge on any atom is 3.00 e. The Morgan fingerprint density at radius 3 is 0.692 bits per heavy atom. The molecule has 0 aromatic rings. The first-order chi connectivity index (χ1) is 5.20. The Kier molecular flexibility index (Phi) is 32.7. The van der Waals surface area contributed by atoms with Crippen molar-refractivity contribution in [1.29, 1.82) is 0 Å². The fourth-order valence-corrected chi connectivity index (χ4v) is 0. The molecule has 0 aromatic carbocycles. The average molecular weight is 287 g/mol. The Morgan fingerprint density at radius 2 is 0.692 bits per heavy atom. The van der Waals surface area contributed by atoms with E-state index in [0.29, 0.717) is 0 Å². The molecule has 0 atom stereocenters. The summed E-state index contributed by atoms with van der Waals surface area (Å²) < 4.78 is 0.250. The summed E-state index contributed by atoms with van der Waals surface area (Å²) in [5.74, 6) is 0. The van der Waals surface area contributed by atoms with Gasteiger partial charge >= 0.3 is 8.41 Å². The molecule has 10 heteroatoms. The Labute approximate surface area is 112 Å². The van der Waals surface area contributed by atoms with Crippen molar-refractivity contribution in [1.82, 2.24) is 0 Å². The molecule has 72 valence electrons. The van der Waals surface area contributed by atoms with E-state index in [-0.39, 0.29) is 21.4 Å². The van der Waals surface area contributed by atoms with Crippen LogP contribution in [0.1, 0.15) is 0 Å². The first kappa shape index (κ1) is 23.3. The van der Waals surface area contributed by atoms with E-state index in [2.05, 4.69) is 91.7 Å². The van der Waals surface area contributed by atoms with Gasteiger partial charge in [-0.3, -0.25) is 0 Å². The van der Waals surface area contributed by atoms with Gasteiger partial charge in [-0.1, -0.05) is 13.0 Å². The van der Waals surface area contributed by atoms with Crippen LogP contribution in [-0.4, -0.2) is 21.4 Å². The van der Waals surface area contributed by atoms with Crippen LogP contribution in [0.2, 0.25) is 0 Å². The molecular formula is C3H6BN3S6. The predicted molar refractivity (Wildman–Crippen MR) is 78.2 cm³/mol. The number of hydrogen-bond acceptors (Lipinski definition) is 6. The molecule has 0 aliphatic carbocycles. The van der Waals surface area contributed by atoms with Crippen molar-refractivity contribution in [2.45, 2.75) is 0 Å². The minimum Gasteiger partial charge on any atom is -0.415 e. The van der Waals surface area contributed by atoms with Crippen molar-refractivity contribution in [3.8, 4) is 0 Å². The molecule has 0 saturated heterocycles. The van der Waals surface area contributed by atoms with Crippen molar-refractivity contribution in [2.24, 2.45) is 17.2 Å². The smallest absolute Gasteiger partial charge is 0.415 e. The maximum absolute atomic E-state index is 4.66. The van der Waals surface area contributed by atoms with E-state index in [9.17, 15) is 0 Å². The summed E-state index contributed by atoms with van der Waals surface area (Å²) >= 11 is 24.8. The monoisotopic (exact) mass is 287 g/mol. The maximum atomic E-state index is 4.66. The van der Waals surface area contributed by atoms with Crippen molar-refractivity contribution >= 4 is 95.9 Å². The Hall–Kier alpha value is 0.395. The third-order valence-electron chi connectivity index (χ3n) is 0. The van der Waals surface area contributed by atoms with Gasteiger partial charge in [-0.2, -0.15) is 0 Å². The summed E-state index contributed by atoms with van der Waals surface area (Å²) in [6, 6.07) is 0. The second kappa shape index (κ2) is 18.2. The largest absolute Gasteiger partial charge is 3.00 e. The van der Waals surface area contributed by atoms with Gasteiger partial charge in [-0.05, 0) is 0 Å². The molecule has 0 aliphatic heterocycles. The molecule has 0 unspecified atom stereocenters. The second-order valence-corrected chi connectivity index (χ2v) is 4.37. The van der Waals surface area contributed by atoms with E-state index >= 15 is 0 Å². The number of thiocarbonyl (C=S) groups is 3. The van der Waals surface area contributed by atoms with Crippen LogP contribution in [0, 0.1) is 0 Å². The van der Waals surface area contributed by atoms with Crippen LogP contribution in [-0.2, 0) is 37.9 Å². The summed E-state index contributed by atoms with van der Waals surface area (Å²) in [5.41, 5.74) is 14.0. The van der Waals surface area contributed by atoms with E-state index < -0.39 is 0 Å². The quantitative estimate of drug-likeness (QED) is 0.294. The molecular weight excluding hydrogens is 281 g/mol. The van der Waals surface area contributed by atoms with Crippen LogP contribution in [0.15, 0.2) is 0 Å². The van der Waals surface area contributed by atoms with Gasteiger partial charge in [0.15, 0.2) is 0 Å². The van der Waals surface area contributed by atoms with E-state index in [4.69, 9.17) is 0 Å². The summed E-state index contributed by atoms with van der Waals surface area (Å²) in [7, 11) is 0. The fourth-order valence-electron chi connectivity index (χ4n) is 0. The van der Waals surface area contributed by atoms with Gasteiger partial charge in [0.1, 0.15) is 0 Å². The van der Waals surface area contributed by atoms with Gasteiger partial charge < -0.3 is 91.7 Å². The zero-order valence-corrected chi connectivity index (χ0v) is 11.2. The molecule has 0 aliphatic rings. The minimum atomic E-state index is 0. The Morgan fingerprint density at radius 1 is 0.692 bits per heavy atom. The van der Waals surface area contributed by atoms with Crippen molar-refractivity contribution in [2.75, 3.05) is 0 Å². The topological polar surface area (TPSA) is 78.1 Å². The van der Waals surface area contributed by atoms with Crippen LogP contribution >= 0.6 is 36.7 Å². The van der Waals surface area contributed by atoms with Crippen LogP contribution in [0.25, 0.3) is 0 Å². The first-order valence-corrected chi connectivity index (χ1v) is 4.54. The first-order valence-electron chi connectivity index (χ1n) is 2.09. The van der Waals surface area contributed by atoms with E-state index in [0.717, 1.165) is 0 Å². The molecule has 0 saturated carbocycles. The van der Waals surface area contributed by atoms with E-state index in [1.165, 1.54) is 0 Å². The molecule has 0 amide bonds. The summed E-state index contributed by atoms with van der Waals surface area (Å²) in [5, 5.41) is 0. The van der Waals surface area contributed by atoms with Gasteiger partial charge in [-0.25, -0.2) is 0 Å². The zero-order valence-electron chi connectivity index (χ0n) is 6.26. The molecule has 13 heavy (non-hydrogen) atoms. The second-order valence-electron chi connectivity index (χ2n) is 0.957. The molecule has 0 radical (unpaired) electrons. The van der Waals surface area contributed by atoms with Crippen LogP contribution in [0.5, 0.6) is 0 Å². The molecule has 0 spiro atoms. The number of nitrogens with two attached hydrogens (primary N) is 3. The van der Waals surface area contributed by atoms with E-state index in [1.807, 2.05) is 0 Å². The summed E-state index contributed by atoms with van der Waals surface area (Å²) in [6.07, 6.45) is 0. The third kappa shape index (κ3) is 8590. The SMILES string of the molecule is NC(=S)[S-].NC(=S)[S-].NC(=S)[S-].[B+3]. The molecule has 0 bridgehead atoms. The zero-order chi connectivity index (χ0) is 10.7. The van der Waals surface area contributed by atoms with E-state index in [1.54, 1.807) is 0 Å². The van der Waals surface area contributed by atoms with Crippen LogP contribution < -0.4 is 17.2 Å². The Bertz CT molecular complexity index is 121. The molecule has 6 N–H and O–H groups in total. The molecule has 0 rings (SSSR count). The summed E-state index contributed by atoms with van der Waals surface area (Å²) in [6.45, 7) is 0. The van der Waals surface area contributed by atoms with Crippen molar-refractivity contribution in [3.63, 3.8) is 0 Å². The van der Waals surface area contributed by atoms with Gasteiger partial charge in [0, 0.05) is 0 Å². The van der Waals surface area contributed by atoms with Crippen LogP contribution in [0.3, 0.4) is 0 Å². The standard InChI is InChI=1S/3CH3NS2.B/c3*2-1(3)4;/h3*(H3,2,3,4);/q;;;+3/p-3. The van der Waals surface area contributed by atoms with Gasteiger partial charge in [-0.15, -0.1) is 0 Å². The van der Waals surface area contributed by atoms with Crippen LogP contribution in [0.4, 0.5) is 0 Å². The van der Waals surface area contributed by atoms with Gasteiger partial charge in [0.2, 0.25) is 0 Å². The molecule has 0 fully saturated rings. The average Bonchev–Trinajstić information content (AvgIpc) is 1.54. The predicted octanol–water partition coefficient (Wildman–Crippen LogP) is -1.05. The van der Waals surface area contributed by atoms with Crippen molar-refractivity contribution < 1.29 is 0 Å². The molecule has 0 aromatic heterocycles. The van der Waals surface area contributed by atoms with Gasteiger partial charge in [0.25, 0.3) is 0 Å². The number of rotatable bonds is 0. The molecule has 0 heterocycles. The molecule has 3 nitrogen and oxygen atoms in total. The van der Waals surface area contributed by atoms with Crippen molar-refractivity contribution in [3.05, 3.63) is 0 Å². The summed E-state index contributed by atoms with van der Waals surface area (Å²) in [4.78, 5) is 0. The third-order valence-corrected chi connectivity index (χ3v) is 0. The normalized spacial score (nSPS) is 5.54.